The number of rotatable bonds is 7. The summed E-state index contributed by atoms with van der Waals surface area (Å²) >= 11 is 0. The maximum atomic E-state index is 11.9. The van der Waals surface area contributed by atoms with Crippen molar-refractivity contribution in [3.63, 3.8) is 0 Å². The van der Waals surface area contributed by atoms with Crippen LogP contribution in [0.25, 0.3) is 0 Å². The number of carbonyl (C=O) groups is 1. The lowest BCUT2D eigenvalue weighted by molar-refractivity contribution is 0.0335. The zero-order valence-corrected chi connectivity index (χ0v) is 14.2. The van der Waals surface area contributed by atoms with Crippen molar-refractivity contribution in [1.82, 2.24) is 10.6 Å². The molecule has 0 aliphatic heterocycles. The van der Waals surface area contributed by atoms with Gasteiger partial charge in [0, 0.05) is 19.2 Å². The fourth-order valence-corrected chi connectivity index (χ4v) is 3.31. The fraction of sp³-hybridized carbons (Fsp3) is 0.941. The second-order valence-electron chi connectivity index (χ2n) is 7.98. The Hall–Kier alpha value is -0.810. The lowest BCUT2D eigenvalue weighted by Crippen LogP contribution is -2.49. The zero-order valence-electron chi connectivity index (χ0n) is 14.2. The average Bonchev–Trinajstić information content (AvgIpc) is 3.23. The Balaban J connectivity index is 1.58. The molecule has 22 heavy (non-hydrogen) atoms. The molecule has 2 rings (SSSR count). The Kier molecular flexibility index (Phi) is 6.09. The smallest absolute Gasteiger partial charge is 0.315 e. The first-order chi connectivity index (χ1) is 10.4. The topological polar surface area (TPSA) is 70.6 Å². The van der Waals surface area contributed by atoms with E-state index in [0.717, 1.165) is 25.9 Å². The maximum Gasteiger partial charge on any atom is 0.315 e. The SMILES string of the molecule is CC1CC(C)(C)CCC1NC(=O)NCC(O)COCC1CC1. The first-order valence-electron chi connectivity index (χ1n) is 8.66. The molecule has 5 nitrogen and oxygen atoms in total. The first kappa shape index (κ1) is 17.5. The van der Waals surface area contributed by atoms with Crippen molar-refractivity contribution in [2.75, 3.05) is 19.8 Å². The summed E-state index contributed by atoms with van der Waals surface area (Å²) in [5.41, 5.74) is 0.378. The lowest BCUT2D eigenvalue weighted by atomic mass is 9.70. The van der Waals surface area contributed by atoms with E-state index in [1.54, 1.807) is 0 Å². The summed E-state index contributed by atoms with van der Waals surface area (Å²) in [4.78, 5) is 11.9. The number of nitrogens with one attached hydrogen (secondary N) is 2. The Morgan fingerprint density at radius 1 is 1.36 bits per heavy atom. The summed E-state index contributed by atoms with van der Waals surface area (Å²) < 4.78 is 5.42. The standard InChI is InChI=1S/C17H32N2O3/c1-12-8-17(2,3)7-6-15(12)19-16(21)18-9-14(20)11-22-10-13-4-5-13/h12-15,20H,4-11H2,1-3H3,(H2,18,19,21). The van der Waals surface area contributed by atoms with Crippen LogP contribution in [0.2, 0.25) is 0 Å². The van der Waals surface area contributed by atoms with Crippen LogP contribution in [0, 0.1) is 17.3 Å². The minimum absolute atomic E-state index is 0.183. The molecular formula is C17H32N2O3. The van der Waals surface area contributed by atoms with E-state index in [9.17, 15) is 9.90 Å². The largest absolute Gasteiger partial charge is 0.389 e. The lowest BCUT2D eigenvalue weighted by Gasteiger charge is -2.39. The van der Waals surface area contributed by atoms with Crippen molar-refractivity contribution < 1.29 is 14.6 Å². The second-order valence-corrected chi connectivity index (χ2v) is 7.98. The highest BCUT2D eigenvalue weighted by molar-refractivity contribution is 5.74. The first-order valence-corrected chi connectivity index (χ1v) is 8.66. The van der Waals surface area contributed by atoms with Crippen LogP contribution in [-0.2, 0) is 4.74 Å². The van der Waals surface area contributed by atoms with Gasteiger partial charge in [0.05, 0.1) is 12.7 Å². The monoisotopic (exact) mass is 312 g/mol. The van der Waals surface area contributed by atoms with Gasteiger partial charge in [0.1, 0.15) is 0 Å². The van der Waals surface area contributed by atoms with E-state index in [0.29, 0.717) is 23.9 Å². The Bertz CT molecular complexity index is 369. The molecule has 2 saturated carbocycles. The molecule has 0 saturated heterocycles. The molecule has 3 N–H and O–H groups in total. The van der Waals surface area contributed by atoms with Crippen LogP contribution in [-0.4, -0.2) is 43.0 Å². The van der Waals surface area contributed by atoms with E-state index in [4.69, 9.17) is 4.74 Å². The van der Waals surface area contributed by atoms with Crippen LogP contribution >= 0.6 is 0 Å². The van der Waals surface area contributed by atoms with Gasteiger partial charge in [0.15, 0.2) is 0 Å². The van der Waals surface area contributed by atoms with Crippen LogP contribution in [0.4, 0.5) is 4.79 Å². The molecule has 0 radical (unpaired) electrons. The van der Waals surface area contributed by atoms with Crippen LogP contribution in [0.1, 0.15) is 52.9 Å². The molecule has 0 bridgehead atoms. The second kappa shape index (κ2) is 7.64. The van der Waals surface area contributed by atoms with Gasteiger partial charge in [-0.1, -0.05) is 20.8 Å². The maximum absolute atomic E-state index is 11.9. The number of aliphatic hydroxyl groups excluding tert-OH is 1. The number of amides is 2. The number of hydrogen-bond donors (Lipinski definition) is 3. The van der Waals surface area contributed by atoms with Crippen molar-refractivity contribution in [3.05, 3.63) is 0 Å². The molecular weight excluding hydrogens is 280 g/mol. The minimum atomic E-state index is -0.632. The van der Waals surface area contributed by atoms with E-state index < -0.39 is 6.10 Å². The molecule has 3 unspecified atom stereocenters. The van der Waals surface area contributed by atoms with Gasteiger partial charge in [-0.3, -0.25) is 0 Å². The Morgan fingerprint density at radius 3 is 2.73 bits per heavy atom. The minimum Gasteiger partial charge on any atom is -0.389 e. The van der Waals surface area contributed by atoms with E-state index >= 15 is 0 Å². The average molecular weight is 312 g/mol. The molecule has 2 aliphatic rings. The molecule has 128 valence electrons. The molecule has 2 aliphatic carbocycles. The van der Waals surface area contributed by atoms with Crippen LogP contribution in [0.3, 0.4) is 0 Å². The van der Waals surface area contributed by atoms with Crippen molar-refractivity contribution in [2.45, 2.75) is 65.0 Å². The highest BCUT2D eigenvalue weighted by atomic mass is 16.5. The highest BCUT2D eigenvalue weighted by Gasteiger charge is 2.33. The van der Waals surface area contributed by atoms with Crippen molar-refractivity contribution >= 4 is 6.03 Å². The number of ether oxygens (including phenoxy) is 1. The van der Waals surface area contributed by atoms with Gasteiger partial charge in [0.25, 0.3) is 0 Å². The van der Waals surface area contributed by atoms with Gasteiger partial charge < -0.3 is 20.5 Å². The van der Waals surface area contributed by atoms with Gasteiger partial charge in [-0.25, -0.2) is 4.79 Å². The molecule has 0 aromatic heterocycles. The fourth-order valence-electron chi connectivity index (χ4n) is 3.31. The predicted octanol–water partition coefficient (Wildman–Crippen LogP) is 2.29. The highest BCUT2D eigenvalue weighted by Crippen LogP contribution is 2.38. The molecule has 0 aromatic carbocycles. The van der Waals surface area contributed by atoms with Crippen LogP contribution in [0.5, 0.6) is 0 Å². The van der Waals surface area contributed by atoms with Crippen molar-refractivity contribution in [1.29, 1.82) is 0 Å². The summed E-state index contributed by atoms with van der Waals surface area (Å²) in [6.45, 7) is 8.05. The third-order valence-electron chi connectivity index (χ3n) is 4.87. The van der Waals surface area contributed by atoms with E-state index in [1.165, 1.54) is 12.8 Å². The summed E-state index contributed by atoms with van der Waals surface area (Å²) in [5, 5.41) is 15.6. The zero-order chi connectivity index (χ0) is 16.2. The number of hydrogen-bond acceptors (Lipinski definition) is 3. The van der Waals surface area contributed by atoms with Crippen molar-refractivity contribution in [2.24, 2.45) is 17.3 Å². The van der Waals surface area contributed by atoms with Gasteiger partial charge >= 0.3 is 6.03 Å². The number of urea groups is 1. The summed E-state index contributed by atoms with van der Waals surface area (Å²) in [6.07, 6.45) is 5.15. The molecule has 2 amide bonds. The van der Waals surface area contributed by atoms with Gasteiger partial charge in [-0.15, -0.1) is 0 Å². The van der Waals surface area contributed by atoms with Gasteiger partial charge in [-0.2, -0.15) is 0 Å². The van der Waals surface area contributed by atoms with Gasteiger partial charge in [0.2, 0.25) is 0 Å². The quantitative estimate of drug-likeness (QED) is 0.675. The van der Waals surface area contributed by atoms with E-state index in [-0.39, 0.29) is 18.6 Å². The predicted molar refractivity (Wildman–Crippen MR) is 86.7 cm³/mol. The summed E-state index contributed by atoms with van der Waals surface area (Å²) in [6, 6.07) is 0.0501. The number of aliphatic hydroxyl groups is 1. The van der Waals surface area contributed by atoms with Crippen LogP contribution < -0.4 is 10.6 Å². The molecule has 2 fully saturated rings. The van der Waals surface area contributed by atoms with E-state index in [2.05, 4.69) is 31.4 Å². The number of carbonyl (C=O) groups excluding carboxylic acids is 1. The third kappa shape index (κ3) is 6.13. The molecule has 0 heterocycles. The third-order valence-corrected chi connectivity index (χ3v) is 4.87. The Labute approximate surface area is 134 Å². The van der Waals surface area contributed by atoms with Crippen LogP contribution in [0.15, 0.2) is 0 Å². The molecule has 3 atom stereocenters. The summed E-state index contributed by atoms with van der Waals surface area (Å²) in [5.74, 6) is 1.18. The Morgan fingerprint density at radius 2 is 2.09 bits per heavy atom. The van der Waals surface area contributed by atoms with Gasteiger partial charge in [-0.05, 0) is 49.4 Å². The summed E-state index contributed by atoms with van der Waals surface area (Å²) in [7, 11) is 0. The normalized spacial score (nSPS) is 28.9. The van der Waals surface area contributed by atoms with E-state index in [1.807, 2.05) is 0 Å². The van der Waals surface area contributed by atoms with Crippen molar-refractivity contribution in [3.8, 4) is 0 Å². The molecule has 5 heteroatoms. The molecule has 0 aromatic rings. The molecule has 0 spiro atoms.